The van der Waals surface area contributed by atoms with Gasteiger partial charge in [-0.25, -0.2) is 4.79 Å². The van der Waals surface area contributed by atoms with Gasteiger partial charge in [0.1, 0.15) is 25.4 Å². The minimum atomic E-state index is -0.617. The van der Waals surface area contributed by atoms with Crippen molar-refractivity contribution in [3.05, 3.63) is 12.2 Å². The second kappa shape index (κ2) is 9.49. The summed E-state index contributed by atoms with van der Waals surface area (Å²) in [6.07, 6.45) is -0.256. The average molecular weight is 419 g/mol. The SMILES string of the molecule is C=C(C)C(=O)OCCOC(=O)CC(C)=O.[Tl]. The molecule has 0 aliphatic rings. The topological polar surface area (TPSA) is 69.7 Å². The first-order valence-corrected chi connectivity index (χ1v) is 4.41. The Morgan fingerprint density at radius 2 is 1.56 bits per heavy atom. The van der Waals surface area contributed by atoms with Gasteiger partial charge in [0, 0.05) is 32.9 Å². The number of ketones is 1. The van der Waals surface area contributed by atoms with Crippen molar-refractivity contribution in [3.8, 4) is 0 Å². The summed E-state index contributed by atoms with van der Waals surface area (Å²) in [5, 5.41) is 0. The summed E-state index contributed by atoms with van der Waals surface area (Å²) in [5.74, 6) is -1.41. The van der Waals surface area contributed by atoms with E-state index in [0.29, 0.717) is 0 Å². The molecule has 5 nitrogen and oxygen atoms in total. The Bertz CT molecular complexity index is 285. The van der Waals surface area contributed by atoms with Crippen LogP contribution in [0, 0.1) is 0 Å². The molecule has 87 valence electrons. The van der Waals surface area contributed by atoms with Crippen LogP contribution in [0.4, 0.5) is 0 Å². The Morgan fingerprint density at radius 1 is 1.06 bits per heavy atom. The van der Waals surface area contributed by atoms with E-state index in [1.54, 1.807) is 0 Å². The molecule has 0 fully saturated rings. The molecule has 0 saturated carbocycles. The van der Waals surface area contributed by atoms with Gasteiger partial charge in [-0.1, -0.05) is 6.58 Å². The third-order valence-corrected chi connectivity index (χ3v) is 1.32. The molecule has 0 aliphatic carbocycles. The van der Waals surface area contributed by atoms with Crippen LogP contribution in [0.15, 0.2) is 12.2 Å². The molecule has 0 aliphatic heterocycles. The first-order valence-electron chi connectivity index (χ1n) is 4.41. The van der Waals surface area contributed by atoms with Crippen LogP contribution in [-0.4, -0.2) is 58.2 Å². The summed E-state index contributed by atoms with van der Waals surface area (Å²) in [6, 6.07) is 0. The zero-order chi connectivity index (χ0) is 11.8. The van der Waals surface area contributed by atoms with E-state index in [4.69, 9.17) is 0 Å². The Balaban J connectivity index is 0. The van der Waals surface area contributed by atoms with E-state index in [0.717, 1.165) is 0 Å². The van der Waals surface area contributed by atoms with Gasteiger partial charge < -0.3 is 9.47 Å². The zero-order valence-electron chi connectivity index (χ0n) is 9.45. The number of carbonyl (C=O) groups is 3. The number of ether oxygens (including phenoxy) is 2. The Labute approximate surface area is 114 Å². The average Bonchev–Trinajstić information content (AvgIpc) is 2.10. The standard InChI is InChI=1S/C10H14O5.Tl/c1-7(2)10(13)15-5-4-14-9(12)6-8(3)11;/h1,4-6H2,2-3H3;. The van der Waals surface area contributed by atoms with Crippen molar-refractivity contribution in [1.82, 2.24) is 0 Å². The molecule has 0 aromatic carbocycles. The van der Waals surface area contributed by atoms with Crippen molar-refractivity contribution in [2.45, 2.75) is 20.3 Å². The molecule has 0 saturated heterocycles. The van der Waals surface area contributed by atoms with Crippen molar-refractivity contribution in [1.29, 1.82) is 0 Å². The number of rotatable bonds is 6. The first kappa shape index (κ1) is 17.7. The predicted octanol–water partition coefficient (Wildman–Crippen LogP) is 0.247. The van der Waals surface area contributed by atoms with E-state index in [1.165, 1.54) is 13.8 Å². The van der Waals surface area contributed by atoms with Crippen LogP contribution in [0.2, 0.25) is 0 Å². The summed E-state index contributed by atoms with van der Waals surface area (Å²) in [7, 11) is 0. The number of esters is 2. The quantitative estimate of drug-likeness (QED) is 0.203. The molecular formula is C10H14O5Tl. The van der Waals surface area contributed by atoms with E-state index >= 15 is 0 Å². The molecule has 0 aromatic rings. The fourth-order valence-corrected chi connectivity index (χ4v) is 0.667. The molecule has 0 unspecified atom stereocenters. The van der Waals surface area contributed by atoms with E-state index in [2.05, 4.69) is 16.1 Å². The van der Waals surface area contributed by atoms with Gasteiger partial charge in [-0.2, -0.15) is 0 Å². The number of hydrogen-bond donors (Lipinski definition) is 0. The third-order valence-electron chi connectivity index (χ3n) is 1.32. The van der Waals surface area contributed by atoms with Gasteiger partial charge in [-0.15, -0.1) is 0 Å². The molecule has 6 heteroatoms. The largest absolute Gasteiger partial charge is 0.462 e. The van der Waals surface area contributed by atoms with Crippen molar-refractivity contribution in [2.75, 3.05) is 13.2 Å². The molecule has 0 aromatic heterocycles. The van der Waals surface area contributed by atoms with Crippen LogP contribution in [0.5, 0.6) is 0 Å². The van der Waals surface area contributed by atoms with E-state index < -0.39 is 11.9 Å². The summed E-state index contributed by atoms with van der Waals surface area (Å²) in [6.45, 7) is 6.11. The molecule has 0 rings (SSSR count). The maximum Gasteiger partial charge on any atom is 0.333 e. The van der Waals surface area contributed by atoms with Crippen LogP contribution in [0.25, 0.3) is 0 Å². The molecule has 0 atom stereocenters. The molecule has 0 bridgehead atoms. The monoisotopic (exact) mass is 419 g/mol. The Morgan fingerprint density at radius 3 is 2.00 bits per heavy atom. The predicted molar refractivity (Wildman–Crippen MR) is 57.8 cm³/mol. The van der Waals surface area contributed by atoms with E-state index in [9.17, 15) is 14.4 Å². The zero-order valence-corrected chi connectivity index (χ0v) is 13.9. The molecule has 0 amide bonds. The molecule has 16 heavy (non-hydrogen) atoms. The van der Waals surface area contributed by atoms with Crippen LogP contribution >= 0.6 is 0 Å². The maximum absolute atomic E-state index is 10.8. The normalized spacial score (nSPS) is 8.62. The number of Topliss-reactive ketones (excluding diaryl/α,β-unsaturated/α-hetero) is 1. The first-order chi connectivity index (χ1) is 6.93. The summed E-state index contributed by atoms with van der Waals surface area (Å²) in [5.41, 5.74) is 0.282. The van der Waals surface area contributed by atoms with Gasteiger partial charge in [0.2, 0.25) is 0 Å². The third kappa shape index (κ3) is 9.81. The van der Waals surface area contributed by atoms with Crippen molar-refractivity contribution < 1.29 is 23.9 Å². The summed E-state index contributed by atoms with van der Waals surface area (Å²) in [4.78, 5) is 32.2. The second-order valence-corrected chi connectivity index (χ2v) is 3.02. The van der Waals surface area contributed by atoms with Crippen molar-refractivity contribution >= 4 is 45.0 Å². The summed E-state index contributed by atoms with van der Waals surface area (Å²) < 4.78 is 9.27. The van der Waals surface area contributed by atoms with Crippen LogP contribution in [-0.2, 0) is 23.9 Å². The minimum absolute atomic E-state index is 0. The second-order valence-electron chi connectivity index (χ2n) is 3.02. The molecular weight excluding hydrogens is 404 g/mol. The Hall–Kier alpha value is -0.728. The van der Waals surface area contributed by atoms with Gasteiger partial charge in [0.15, 0.2) is 0 Å². The van der Waals surface area contributed by atoms with Gasteiger partial charge >= 0.3 is 11.9 Å². The van der Waals surface area contributed by atoms with E-state index in [1.807, 2.05) is 0 Å². The minimum Gasteiger partial charge on any atom is -0.462 e. The van der Waals surface area contributed by atoms with E-state index in [-0.39, 0.29) is 58.3 Å². The van der Waals surface area contributed by atoms with Crippen LogP contribution in [0.3, 0.4) is 0 Å². The summed E-state index contributed by atoms with van der Waals surface area (Å²) >= 11 is 0. The number of carbonyl (C=O) groups excluding carboxylic acids is 3. The number of hydrogen-bond acceptors (Lipinski definition) is 5. The molecule has 0 spiro atoms. The van der Waals surface area contributed by atoms with Gasteiger partial charge in [0.05, 0.1) is 0 Å². The van der Waals surface area contributed by atoms with Crippen LogP contribution in [0.1, 0.15) is 20.3 Å². The van der Waals surface area contributed by atoms with Crippen molar-refractivity contribution in [3.63, 3.8) is 0 Å². The fraction of sp³-hybridized carbons (Fsp3) is 0.500. The maximum atomic E-state index is 10.8. The fourth-order valence-electron chi connectivity index (χ4n) is 0.667. The Kier molecular flexibility index (Phi) is 10.5. The van der Waals surface area contributed by atoms with Gasteiger partial charge in [-0.3, -0.25) is 9.59 Å². The van der Waals surface area contributed by atoms with Gasteiger partial charge in [-0.05, 0) is 13.8 Å². The van der Waals surface area contributed by atoms with Crippen LogP contribution < -0.4 is 0 Å². The molecule has 0 N–H and O–H groups in total. The molecule has 0 heterocycles. The smallest absolute Gasteiger partial charge is 0.333 e. The molecule has 1 radical (unpaired) electrons. The van der Waals surface area contributed by atoms with Crippen molar-refractivity contribution in [2.24, 2.45) is 0 Å². The van der Waals surface area contributed by atoms with Gasteiger partial charge in [0.25, 0.3) is 0 Å².